The van der Waals surface area contributed by atoms with E-state index in [0.29, 0.717) is 11.3 Å². The molecular formula is C18H20N6O. The Morgan fingerprint density at radius 3 is 3.08 bits per heavy atom. The Kier molecular flexibility index (Phi) is 4.07. The molecule has 1 atom stereocenters. The number of aromatic nitrogens is 3. The Morgan fingerprint density at radius 2 is 2.28 bits per heavy atom. The molecule has 0 bridgehead atoms. The van der Waals surface area contributed by atoms with Crippen molar-refractivity contribution < 1.29 is 4.79 Å². The second-order valence-electron chi connectivity index (χ2n) is 6.30. The molecule has 0 unspecified atom stereocenters. The molecule has 3 aromatic heterocycles. The number of piperidine rings is 1. The highest BCUT2D eigenvalue weighted by Crippen LogP contribution is 2.33. The lowest BCUT2D eigenvalue weighted by molar-refractivity contribution is 0.102. The molecule has 1 fully saturated rings. The topological polar surface area (TPSA) is 99.9 Å². The van der Waals surface area contributed by atoms with Crippen LogP contribution in [-0.2, 0) is 0 Å². The van der Waals surface area contributed by atoms with E-state index in [1.54, 1.807) is 36.9 Å². The van der Waals surface area contributed by atoms with Crippen molar-refractivity contribution in [3.63, 3.8) is 0 Å². The normalized spacial score (nSPS) is 17.6. The molecule has 1 aliphatic rings. The largest absolute Gasteiger partial charge is 0.369 e. The lowest BCUT2D eigenvalue weighted by Crippen LogP contribution is -2.42. The molecule has 0 aromatic carbocycles. The molecule has 4 heterocycles. The standard InChI is InChI=1S/C18H20N6O/c19-13-4-2-8-24(11-13)15-5-7-21-17-16(15)14(10-22-17)23-18(25)12-3-1-6-20-9-12/h1,3,5-7,9-10,13H,2,4,8,11,19H2,(H,21,22)(H,23,25)/t13-/m1/s1. The molecule has 4 N–H and O–H groups in total. The van der Waals surface area contributed by atoms with E-state index in [2.05, 4.69) is 25.2 Å². The minimum Gasteiger partial charge on any atom is -0.369 e. The third-order valence-corrected chi connectivity index (χ3v) is 4.52. The van der Waals surface area contributed by atoms with Crippen molar-refractivity contribution in [2.75, 3.05) is 23.3 Å². The summed E-state index contributed by atoms with van der Waals surface area (Å²) in [4.78, 5) is 26.3. The van der Waals surface area contributed by atoms with Crippen LogP contribution in [0.15, 0.2) is 43.0 Å². The quantitative estimate of drug-likeness (QED) is 0.680. The summed E-state index contributed by atoms with van der Waals surface area (Å²) in [5.74, 6) is -0.195. The summed E-state index contributed by atoms with van der Waals surface area (Å²) < 4.78 is 0. The van der Waals surface area contributed by atoms with Gasteiger partial charge in [-0.1, -0.05) is 0 Å². The monoisotopic (exact) mass is 336 g/mol. The third-order valence-electron chi connectivity index (χ3n) is 4.52. The Morgan fingerprint density at radius 1 is 1.36 bits per heavy atom. The van der Waals surface area contributed by atoms with Crippen molar-refractivity contribution in [1.82, 2.24) is 15.0 Å². The van der Waals surface area contributed by atoms with Crippen LogP contribution in [0.25, 0.3) is 11.0 Å². The second-order valence-corrected chi connectivity index (χ2v) is 6.30. The van der Waals surface area contributed by atoms with Crippen molar-refractivity contribution in [1.29, 1.82) is 0 Å². The summed E-state index contributed by atoms with van der Waals surface area (Å²) in [5, 5.41) is 3.87. The first-order valence-corrected chi connectivity index (χ1v) is 8.40. The van der Waals surface area contributed by atoms with Gasteiger partial charge in [0.1, 0.15) is 5.65 Å². The molecule has 128 valence electrons. The number of carbonyl (C=O) groups is 1. The molecule has 0 radical (unpaired) electrons. The van der Waals surface area contributed by atoms with Gasteiger partial charge in [0.2, 0.25) is 0 Å². The van der Waals surface area contributed by atoms with E-state index in [9.17, 15) is 4.79 Å². The average molecular weight is 336 g/mol. The number of rotatable bonds is 3. The number of anilines is 2. The van der Waals surface area contributed by atoms with E-state index in [4.69, 9.17) is 5.73 Å². The number of H-pyrrole nitrogens is 1. The fourth-order valence-corrected chi connectivity index (χ4v) is 3.32. The van der Waals surface area contributed by atoms with E-state index in [0.717, 1.165) is 42.7 Å². The lowest BCUT2D eigenvalue weighted by atomic mass is 10.1. The Hall–Kier alpha value is -2.93. The van der Waals surface area contributed by atoms with Crippen molar-refractivity contribution in [3.05, 3.63) is 48.5 Å². The zero-order valence-electron chi connectivity index (χ0n) is 13.8. The predicted molar refractivity (Wildman–Crippen MR) is 97.7 cm³/mol. The molecule has 1 saturated heterocycles. The zero-order valence-corrected chi connectivity index (χ0v) is 13.8. The molecule has 4 rings (SSSR count). The molecule has 1 amide bonds. The molecule has 1 aliphatic heterocycles. The SMILES string of the molecule is N[C@@H]1CCCN(c2ccnc3[nH]cc(NC(=O)c4cccnc4)c23)C1. The van der Waals surface area contributed by atoms with Gasteiger partial charge in [-0.15, -0.1) is 0 Å². The van der Waals surface area contributed by atoms with Gasteiger partial charge >= 0.3 is 0 Å². The first-order chi connectivity index (χ1) is 12.2. The maximum atomic E-state index is 12.5. The summed E-state index contributed by atoms with van der Waals surface area (Å²) in [5.41, 5.74) is 9.16. The summed E-state index contributed by atoms with van der Waals surface area (Å²) >= 11 is 0. The first kappa shape index (κ1) is 15.6. The van der Waals surface area contributed by atoms with Crippen molar-refractivity contribution in [2.24, 2.45) is 5.73 Å². The van der Waals surface area contributed by atoms with Crippen LogP contribution in [0.5, 0.6) is 0 Å². The van der Waals surface area contributed by atoms with Gasteiger partial charge in [-0.2, -0.15) is 0 Å². The van der Waals surface area contributed by atoms with Crippen LogP contribution in [0.3, 0.4) is 0 Å². The average Bonchev–Trinajstić information content (AvgIpc) is 3.05. The molecular weight excluding hydrogens is 316 g/mol. The highest BCUT2D eigenvalue weighted by atomic mass is 16.1. The number of carbonyl (C=O) groups excluding carboxylic acids is 1. The number of hydrogen-bond acceptors (Lipinski definition) is 5. The van der Waals surface area contributed by atoms with Gasteiger partial charge in [-0.25, -0.2) is 4.98 Å². The molecule has 0 spiro atoms. The van der Waals surface area contributed by atoms with Gasteiger partial charge in [-0.05, 0) is 31.0 Å². The molecule has 0 aliphatic carbocycles. The third kappa shape index (κ3) is 3.06. The van der Waals surface area contributed by atoms with Gasteiger partial charge in [0.05, 0.1) is 22.3 Å². The van der Waals surface area contributed by atoms with E-state index in [1.165, 1.54) is 0 Å². The van der Waals surface area contributed by atoms with E-state index >= 15 is 0 Å². The highest BCUT2D eigenvalue weighted by molar-refractivity contribution is 6.11. The second kappa shape index (κ2) is 6.52. The number of pyridine rings is 2. The Labute approximate surface area is 145 Å². The van der Waals surface area contributed by atoms with Gasteiger partial charge < -0.3 is 20.9 Å². The highest BCUT2D eigenvalue weighted by Gasteiger charge is 2.21. The smallest absolute Gasteiger partial charge is 0.257 e. The Balaban J connectivity index is 1.69. The number of nitrogens with two attached hydrogens (primary N) is 1. The fraction of sp³-hybridized carbons (Fsp3) is 0.278. The summed E-state index contributed by atoms with van der Waals surface area (Å²) in [6, 6.07) is 5.63. The van der Waals surface area contributed by atoms with Crippen LogP contribution < -0.4 is 16.0 Å². The van der Waals surface area contributed by atoms with Crippen LogP contribution in [0.1, 0.15) is 23.2 Å². The van der Waals surface area contributed by atoms with Gasteiger partial charge in [-0.3, -0.25) is 9.78 Å². The van der Waals surface area contributed by atoms with Crippen LogP contribution >= 0.6 is 0 Å². The molecule has 3 aromatic rings. The van der Waals surface area contributed by atoms with Crippen LogP contribution in [-0.4, -0.2) is 40.0 Å². The number of amides is 1. The van der Waals surface area contributed by atoms with Gasteiger partial charge in [0, 0.05) is 43.9 Å². The minimum atomic E-state index is -0.195. The summed E-state index contributed by atoms with van der Waals surface area (Å²) in [6.45, 7) is 1.76. The fourth-order valence-electron chi connectivity index (χ4n) is 3.32. The number of fused-ring (bicyclic) bond motifs is 1. The number of aromatic amines is 1. The maximum Gasteiger partial charge on any atom is 0.257 e. The Bertz CT molecular complexity index is 891. The number of nitrogens with one attached hydrogen (secondary N) is 2. The lowest BCUT2D eigenvalue weighted by Gasteiger charge is -2.33. The van der Waals surface area contributed by atoms with Crippen LogP contribution in [0, 0.1) is 0 Å². The van der Waals surface area contributed by atoms with E-state index in [-0.39, 0.29) is 11.9 Å². The van der Waals surface area contributed by atoms with Crippen molar-refractivity contribution in [2.45, 2.75) is 18.9 Å². The van der Waals surface area contributed by atoms with Gasteiger partial charge in [0.25, 0.3) is 5.91 Å². The number of nitrogens with zero attached hydrogens (tertiary/aromatic N) is 3. The molecule has 0 saturated carbocycles. The van der Waals surface area contributed by atoms with Gasteiger partial charge in [0.15, 0.2) is 0 Å². The van der Waals surface area contributed by atoms with Crippen LogP contribution in [0.2, 0.25) is 0 Å². The summed E-state index contributed by atoms with van der Waals surface area (Å²) in [6.07, 6.45) is 8.85. The van der Waals surface area contributed by atoms with Crippen molar-refractivity contribution >= 4 is 28.3 Å². The summed E-state index contributed by atoms with van der Waals surface area (Å²) in [7, 11) is 0. The van der Waals surface area contributed by atoms with Crippen molar-refractivity contribution in [3.8, 4) is 0 Å². The maximum absolute atomic E-state index is 12.5. The number of hydrogen-bond donors (Lipinski definition) is 3. The van der Waals surface area contributed by atoms with E-state index < -0.39 is 0 Å². The first-order valence-electron chi connectivity index (χ1n) is 8.40. The molecule has 25 heavy (non-hydrogen) atoms. The zero-order chi connectivity index (χ0) is 17.2. The van der Waals surface area contributed by atoms with E-state index in [1.807, 2.05) is 6.07 Å². The molecule has 7 nitrogen and oxygen atoms in total. The molecule has 7 heteroatoms. The predicted octanol–water partition coefficient (Wildman–Crippen LogP) is 2.14. The minimum absolute atomic E-state index is 0.171. The van der Waals surface area contributed by atoms with Crippen LogP contribution in [0.4, 0.5) is 11.4 Å².